The molecule has 0 spiro atoms. The highest BCUT2D eigenvalue weighted by atomic mass is 16.2. The second kappa shape index (κ2) is 7.49. The summed E-state index contributed by atoms with van der Waals surface area (Å²) in [5.41, 5.74) is 4.47. The average molecular weight is 466 g/mol. The van der Waals surface area contributed by atoms with Gasteiger partial charge in [-0.15, -0.1) is 0 Å². The summed E-state index contributed by atoms with van der Waals surface area (Å²) in [4.78, 5) is 40.3. The normalized spacial score (nSPS) is 15.5. The summed E-state index contributed by atoms with van der Waals surface area (Å²) in [6.07, 6.45) is 3.21. The van der Waals surface area contributed by atoms with Crippen LogP contribution in [0.25, 0.3) is 33.5 Å². The standard InChI is InChI=1S/C26H23N7O2/c1-14(24(34)28-15-7-6-10-27-13-15)33-21-12-20-19(11-17(21)26(2,3)25(33)35)29-23(30-20)22-16-8-4-5-9-18(16)31-32-22/h4-14H,1-3H3,(H,28,34)(H,29,30)(H,31,32). The molecule has 3 aromatic heterocycles. The lowest BCUT2D eigenvalue weighted by atomic mass is 9.86. The lowest BCUT2D eigenvalue weighted by Crippen LogP contribution is -2.47. The van der Waals surface area contributed by atoms with E-state index in [1.807, 2.05) is 50.2 Å². The molecule has 2 amide bonds. The Morgan fingerprint density at radius 2 is 1.94 bits per heavy atom. The molecule has 2 aromatic carbocycles. The molecule has 1 atom stereocenters. The van der Waals surface area contributed by atoms with Gasteiger partial charge in [0.2, 0.25) is 11.8 Å². The van der Waals surface area contributed by atoms with Crippen LogP contribution >= 0.6 is 0 Å². The summed E-state index contributed by atoms with van der Waals surface area (Å²) >= 11 is 0. The largest absolute Gasteiger partial charge is 0.337 e. The number of carbonyl (C=O) groups is 2. The van der Waals surface area contributed by atoms with E-state index < -0.39 is 11.5 Å². The molecule has 4 heterocycles. The van der Waals surface area contributed by atoms with Gasteiger partial charge in [-0.3, -0.25) is 24.6 Å². The number of carbonyl (C=O) groups excluding carboxylic acids is 2. The minimum atomic E-state index is -0.801. The van der Waals surface area contributed by atoms with E-state index in [1.165, 1.54) is 0 Å². The summed E-state index contributed by atoms with van der Waals surface area (Å²) in [6, 6.07) is 14.5. The first-order chi connectivity index (χ1) is 16.8. The Morgan fingerprint density at radius 1 is 1.11 bits per heavy atom. The lowest BCUT2D eigenvalue weighted by molar-refractivity contribution is -0.125. The molecule has 9 nitrogen and oxygen atoms in total. The van der Waals surface area contributed by atoms with Crippen molar-refractivity contribution in [3.63, 3.8) is 0 Å². The number of H-pyrrole nitrogens is 2. The van der Waals surface area contributed by atoms with Crippen molar-refractivity contribution in [1.82, 2.24) is 25.1 Å². The number of imidazole rings is 1. The van der Waals surface area contributed by atoms with Crippen LogP contribution in [0.1, 0.15) is 26.3 Å². The second-order valence-electron chi connectivity index (χ2n) is 9.30. The zero-order chi connectivity index (χ0) is 24.3. The number of para-hydroxylation sites is 1. The first-order valence-electron chi connectivity index (χ1n) is 11.4. The summed E-state index contributed by atoms with van der Waals surface area (Å²) in [5, 5.41) is 11.3. The fourth-order valence-corrected chi connectivity index (χ4v) is 4.71. The van der Waals surface area contributed by atoms with E-state index in [4.69, 9.17) is 4.98 Å². The maximum atomic E-state index is 13.5. The van der Waals surface area contributed by atoms with Gasteiger partial charge in [-0.2, -0.15) is 5.10 Å². The summed E-state index contributed by atoms with van der Waals surface area (Å²) < 4.78 is 0. The zero-order valence-corrected chi connectivity index (χ0v) is 19.5. The highest BCUT2D eigenvalue weighted by Gasteiger charge is 2.47. The predicted molar refractivity (Wildman–Crippen MR) is 134 cm³/mol. The van der Waals surface area contributed by atoms with Gasteiger partial charge in [0, 0.05) is 11.6 Å². The van der Waals surface area contributed by atoms with Gasteiger partial charge < -0.3 is 10.3 Å². The maximum absolute atomic E-state index is 13.5. The van der Waals surface area contributed by atoms with Crippen LogP contribution in [0.15, 0.2) is 60.9 Å². The number of amides is 2. The third kappa shape index (κ3) is 3.19. The number of anilines is 2. The predicted octanol–water partition coefficient (Wildman–Crippen LogP) is 4.15. The molecule has 5 aromatic rings. The van der Waals surface area contributed by atoms with Crippen molar-refractivity contribution in [2.24, 2.45) is 0 Å². The third-order valence-corrected chi connectivity index (χ3v) is 6.68. The van der Waals surface area contributed by atoms with Gasteiger partial charge in [0.05, 0.1) is 39.5 Å². The van der Waals surface area contributed by atoms with Gasteiger partial charge >= 0.3 is 0 Å². The molecule has 9 heteroatoms. The second-order valence-corrected chi connectivity index (χ2v) is 9.30. The summed E-state index contributed by atoms with van der Waals surface area (Å²) in [5.74, 6) is 0.218. The molecule has 1 aliphatic heterocycles. The highest BCUT2D eigenvalue weighted by Crippen LogP contribution is 2.44. The van der Waals surface area contributed by atoms with Gasteiger partial charge in [0.25, 0.3) is 0 Å². The third-order valence-electron chi connectivity index (χ3n) is 6.68. The Balaban J connectivity index is 1.41. The molecular formula is C26H23N7O2. The fourth-order valence-electron chi connectivity index (χ4n) is 4.71. The monoisotopic (exact) mass is 465 g/mol. The molecule has 6 rings (SSSR count). The van der Waals surface area contributed by atoms with Gasteiger partial charge in [-0.1, -0.05) is 18.2 Å². The van der Waals surface area contributed by atoms with Crippen molar-refractivity contribution in [1.29, 1.82) is 0 Å². The smallest absolute Gasteiger partial charge is 0.247 e. The molecule has 174 valence electrons. The van der Waals surface area contributed by atoms with E-state index in [1.54, 1.807) is 36.4 Å². The van der Waals surface area contributed by atoms with Crippen molar-refractivity contribution in [3.8, 4) is 11.5 Å². The molecule has 0 saturated heterocycles. The quantitative estimate of drug-likeness (QED) is 0.368. The molecule has 0 saturated carbocycles. The number of pyridine rings is 1. The van der Waals surface area contributed by atoms with Gasteiger partial charge in [0.15, 0.2) is 5.82 Å². The van der Waals surface area contributed by atoms with E-state index in [0.717, 1.165) is 33.2 Å². The summed E-state index contributed by atoms with van der Waals surface area (Å²) in [6.45, 7) is 5.48. The topological polar surface area (TPSA) is 120 Å². The van der Waals surface area contributed by atoms with Crippen LogP contribution in [0.5, 0.6) is 0 Å². The molecular weight excluding hydrogens is 442 g/mol. The summed E-state index contributed by atoms with van der Waals surface area (Å²) in [7, 11) is 0. The fraction of sp³-hybridized carbons (Fsp3) is 0.192. The van der Waals surface area contributed by atoms with Crippen molar-refractivity contribution in [2.75, 3.05) is 10.2 Å². The van der Waals surface area contributed by atoms with Gasteiger partial charge in [-0.25, -0.2) is 4.98 Å². The molecule has 0 aliphatic carbocycles. The molecule has 1 unspecified atom stereocenters. The number of hydrogen-bond donors (Lipinski definition) is 3. The minimum absolute atomic E-state index is 0.132. The number of nitrogens with one attached hydrogen (secondary N) is 3. The maximum Gasteiger partial charge on any atom is 0.247 e. The van der Waals surface area contributed by atoms with Crippen LogP contribution in [-0.4, -0.2) is 43.0 Å². The van der Waals surface area contributed by atoms with Crippen molar-refractivity contribution >= 4 is 45.1 Å². The van der Waals surface area contributed by atoms with Gasteiger partial charge in [-0.05, 0) is 56.7 Å². The number of nitrogens with zero attached hydrogens (tertiary/aromatic N) is 4. The van der Waals surface area contributed by atoms with Crippen LogP contribution in [-0.2, 0) is 15.0 Å². The molecule has 0 radical (unpaired) electrons. The lowest BCUT2D eigenvalue weighted by Gasteiger charge is -2.26. The number of benzene rings is 2. The Labute approximate surface area is 200 Å². The van der Waals surface area contributed by atoms with Gasteiger partial charge in [0.1, 0.15) is 11.7 Å². The van der Waals surface area contributed by atoms with E-state index in [9.17, 15) is 9.59 Å². The Hall–Kier alpha value is -4.53. The van der Waals surface area contributed by atoms with Crippen LogP contribution < -0.4 is 10.2 Å². The van der Waals surface area contributed by atoms with Crippen LogP contribution in [0.4, 0.5) is 11.4 Å². The number of hydrogen-bond acceptors (Lipinski definition) is 5. The number of aromatic nitrogens is 5. The molecule has 3 N–H and O–H groups in total. The Kier molecular flexibility index (Phi) is 4.50. The van der Waals surface area contributed by atoms with Crippen LogP contribution in [0.3, 0.4) is 0 Å². The average Bonchev–Trinajstić information content (AvgIpc) is 3.51. The highest BCUT2D eigenvalue weighted by molar-refractivity contribution is 6.14. The zero-order valence-electron chi connectivity index (χ0n) is 19.5. The van der Waals surface area contributed by atoms with Crippen LogP contribution in [0, 0.1) is 0 Å². The van der Waals surface area contributed by atoms with Crippen molar-refractivity contribution < 1.29 is 9.59 Å². The van der Waals surface area contributed by atoms with E-state index in [0.29, 0.717) is 17.2 Å². The first kappa shape index (κ1) is 21.0. The molecule has 0 bridgehead atoms. The Morgan fingerprint density at radius 3 is 2.74 bits per heavy atom. The minimum Gasteiger partial charge on any atom is -0.337 e. The molecule has 1 aliphatic rings. The number of rotatable bonds is 4. The first-order valence-corrected chi connectivity index (χ1v) is 11.4. The molecule has 35 heavy (non-hydrogen) atoms. The SMILES string of the molecule is CC(C(=O)Nc1cccnc1)N1C(=O)C(C)(C)c2cc3nc(-c4n[nH]c5ccccc45)[nH]c3cc21. The Bertz CT molecular complexity index is 1620. The van der Waals surface area contributed by atoms with Crippen molar-refractivity contribution in [3.05, 3.63) is 66.5 Å². The van der Waals surface area contributed by atoms with Crippen LogP contribution in [0.2, 0.25) is 0 Å². The van der Waals surface area contributed by atoms with Crippen molar-refractivity contribution in [2.45, 2.75) is 32.2 Å². The number of fused-ring (bicyclic) bond motifs is 3. The van der Waals surface area contributed by atoms with E-state index in [-0.39, 0.29) is 11.8 Å². The van der Waals surface area contributed by atoms with E-state index >= 15 is 0 Å². The van der Waals surface area contributed by atoms with E-state index in [2.05, 4.69) is 25.5 Å². The molecule has 0 fully saturated rings. The number of aromatic amines is 2.